The summed E-state index contributed by atoms with van der Waals surface area (Å²) in [6, 6.07) is 2.65. The number of halogens is 2. The molecule has 0 saturated carbocycles. The van der Waals surface area contributed by atoms with Gasteiger partial charge in [-0.1, -0.05) is 37.0 Å². The van der Waals surface area contributed by atoms with Crippen LogP contribution in [0.25, 0.3) is 0 Å². The van der Waals surface area contributed by atoms with Crippen LogP contribution in [0.5, 0.6) is 0 Å². The smallest absolute Gasteiger partial charge is 0.262 e. The topological polar surface area (TPSA) is 90.5 Å². The lowest BCUT2D eigenvalue weighted by Gasteiger charge is -2.15. The summed E-state index contributed by atoms with van der Waals surface area (Å²) in [5, 5.41) is 3.51. The van der Waals surface area contributed by atoms with E-state index < -0.39 is 24.3 Å². The Morgan fingerprint density at radius 1 is 1.12 bits per heavy atom. The predicted octanol–water partition coefficient (Wildman–Crippen LogP) is 2.13. The van der Waals surface area contributed by atoms with E-state index in [1.54, 1.807) is 0 Å². The first-order valence-corrected chi connectivity index (χ1v) is 9.05. The summed E-state index contributed by atoms with van der Waals surface area (Å²) < 4.78 is 0. The minimum atomic E-state index is -0.601. The second-order valence-electron chi connectivity index (χ2n) is 6.12. The zero-order chi connectivity index (χ0) is 19.4. The summed E-state index contributed by atoms with van der Waals surface area (Å²) in [6.07, 6.45) is 0.927. The molecule has 1 aliphatic heterocycles. The van der Waals surface area contributed by atoms with Gasteiger partial charge < -0.3 is 5.32 Å². The monoisotopic (exact) mass is 416 g/mol. The number of carbonyl (C=O) groups is 3. The molecule has 1 aliphatic rings. The molecule has 0 fully saturated rings. The van der Waals surface area contributed by atoms with Crippen molar-refractivity contribution >= 4 is 58.3 Å². The molecule has 1 aromatic carbocycles. The lowest BCUT2D eigenvalue weighted by atomic mass is 10.1. The molecule has 140 valence electrons. The second-order valence-corrected chi connectivity index (χ2v) is 7.34. The third-order valence-electron chi connectivity index (χ3n) is 3.64. The summed E-state index contributed by atoms with van der Waals surface area (Å²) in [6.45, 7) is 4.38. The number of nitrogens with zero attached hydrogens (tertiary/aromatic N) is 1. The van der Waals surface area contributed by atoms with Gasteiger partial charge in [-0.25, -0.2) is 0 Å². The van der Waals surface area contributed by atoms with E-state index in [9.17, 15) is 14.4 Å². The van der Waals surface area contributed by atoms with Gasteiger partial charge in [-0.15, -0.1) is 0 Å². The average Bonchev–Trinajstić information content (AvgIpc) is 2.78. The summed E-state index contributed by atoms with van der Waals surface area (Å²) >= 11 is 16.8. The number of fused-ring (bicyclic) bond motifs is 1. The molecule has 2 rings (SSSR count). The number of imide groups is 1. The highest BCUT2D eigenvalue weighted by molar-refractivity contribution is 7.80. The molecule has 0 spiro atoms. The Balaban J connectivity index is 1.89. The molecule has 26 heavy (non-hydrogen) atoms. The van der Waals surface area contributed by atoms with Crippen molar-refractivity contribution in [2.24, 2.45) is 5.92 Å². The van der Waals surface area contributed by atoms with Crippen molar-refractivity contribution in [1.29, 1.82) is 0 Å². The second kappa shape index (κ2) is 8.66. The largest absolute Gasteiger partial charge is 0.361 e. The van der Waals surface area contributed by atoms with Gasteiger partial charge in [0.15, 0.2) is 5.11 Å². The van der Waals surface area contributed by atoms with Crippen LogP contribution >= 0.6 is 35.4 Å². The van der Waals surface area contributed by atoms with Crippen LogP contribution in [-0.2, 0) is 4.79 Å². The molecule has 10 heteroatoms. The molecule has 0 saturated heterocycles. The fourth-order valence-electron chi connectivity index (χ4n) is 2.26. The Bertz CT molecular complexity index is 729. The third kappa shape index (κ3) is 4.84. The van der Waals surface area contributed by atoms with E-state index in [1.165, 1.54) is 12.1 Å². The van der Waals surface area contributed by atoms with Crippen molar-refractivity contribution in [2.75, 3.05) is 13.1 Å². The molecule has 1 heterocycles. The van der Waals surface area contributed by atoms with Crippen LogP contribution in [0, 0.1) is 5.92 Å². The van der Waals surface area contributed by atoms with Crippen molar-refractivity contribution < 1.29 is 14.4 Å². The van der Waals surface area contributed by atoms with E-state index >= 15 is 0 Å². The number of hydrogen-bond acceptors (Lipinski definition) is 4. The van der Waals surface area contributed by atoms with E-state index in [1.807, 2.05) is 0 Å². The van der Waals surface area contributed by atoms with Crippen LogP contribution in [0.2, 0.25) is 10.0 Å². The molecule has 0 aromatic heterocycles. The van der Waals surface area contributed by atoms with Gasteiger partial charge in [0, 0.05) is 6.54 Å². The summed E-state index contributed by atoms with van der Waals surface area (Å²) in [4.78, 5) is 37.5. The maximum absolute atomic E-state index is 12.3. The van der Waals surface area contributed by atoms with Crippen molar-refractivity contribution in [2.45, 2.75) is 20.3 Å². The van der Waals surface area contributed by atoms with Crippen molar-refractivity contribution in [3.8, 4) is 0 Å². The predicted molar refractivity (Wildman–Crippen MR) is 103 cm³/mol. The number of hydrogen-bond donors (Lipinski definition) is 3. The number of carbonyl (C=O) groups excluding carboxylic acids is 3. The van der Waals surface area contributed by atoms with Gasteiger partial charge >= 0.3 is 0 Å². The molecule has 3 amide bonds. The molecule has 0 unspecified atom stereocenters. The quantitative estimate of drug-likeness (QED) is 0.386. The number of hydrazine groups is 1. The fourth-order valence-corrected chi connectivity index (χ4v) is 2.74. The maximum Gasteiger partial charge on any atom is 0.262 e. The molecule has 1 aromatic rings. The lowest BCUT2D eigenvalue weighted by molar-refractivity contribution is -0.122. The van der Waals surface area contributed by atoms with Crippen LogP contribution < -0.4 is 16.2 Å². The number of thiocarbonyl (C=S) groups is 1. The number of benzene rings is 1. The lowest BCUT2D eigenvalue weighted by Crippen LogP contribution is -2.50. The highest BCUT2D eigenvalue weighted by Gasteiger charge is 2.37. The van der Waals surface area contributed by atoms with Crippen LogP contribution in [0.3, 0.4) is 0 Å². The highest BCUT2D eigenvalue weighted by atomic mass is 35.5. The van der Waals surface area contributed by atoms with Crippen molar-refractivity contribution in [3.05, 3.63) is 33.3 Å². The van der Waals surface area contributed by atoms with Crippen molar-refractivity contribution in [3.63, 3.8) is 0 Å². The van der Waals surface area contributed by atoms with Gasteiger partial charge in [-0.3, -0.25) is 30.1 Å². The van der Waals surface area contributed by atoms with Gasteiger partial charge in [-0.05, 0) is 36.7 Å². The van der Waals surface area contributed by atoms with Crippen LogP contribution in [0.1, 0.15) is 41.0 Å². The summed E-state index contributed by atoms with van der Waals surface area (Å²) in [5.41, 5.74) is 5.12. The molecular formula is C16H18Cl2N4O3S. The molecule has 7 nitrogen and oxygen atoms in total. The first-order chi connectivity index (χ1) is 12.2. The van der Waals surface area contributed by atoms with Gasteiger partial charge in [-0.2, -0.15) is 0 Å². The summed E-state index contributed by atoms with van der Waals surface area (Å²) in [7, 11) is 0. The maximum atomic E-state index is 12.3. The zero-order valence-electron chi connectivity index (χ0n) is 14.2. The number of nitrogens with one attached hydrogen (secondary N) is 3. The summed E-state index contributed by atoms with van der Waals surface area (Å²) in [5.74, 6) is -1.27. The van der Waals surface area contributed by atoms with Gasteiger partial charge in [0.05, 0.1) is 21.2 Å². The van der Waals surface area contributed by atoms with E-state index in [-0.39, 0.29) is 26.3 Å². The first-order valence-electron chi connectivity index (χ1n) is 7.88. The third-order valence-corrected chi connectivity index (χ3v) is 4.60. The van der Waals surface area contributed by atoms with Crippen molar-refractivity contribution in [1.82, 2.24) is 21.1 Å². The molecule has 0 radical (unpaired) electrons. The Morgan fingerprint density at radius 3 is 2.15 bits per heavy atom. The first kappa shape index (κ1) is 20.4. The number of amides is 3. The van der Waals surface area contributed by atoms with Crippen LogP contribution in [0.4, 0.5) is 0 Å². The Morgan fingerprint density at radius 2 is 1.65 bits per heavy atom. The van der Waals surface area contributed by atoms with E-state index in [4.69, 9.17) is 35.4 Å². The average molecular weight is 417 g/mol. The molecular weight excluding hydrogens is 399 g/mol. The molecule has 0 bridgehead atoms. The Hall–Kier alpha value is -1.90. The number of rotatable bonds is 5. The van der Waals surface area contributed by atoms with Crippen LogP contribution in [0.15, 0.2) is 12.1 Å². The Kier molecular flexibility index (Phi) is 6.80. The minimum Gasteiger partial charge on any atom is -0.361 e. The van der Waals surface area contributed by atoms with Gasteiger partial charge in [0.2, 0.25) is 0 Å². The Labute approximate surface area is 166 Å². The molecule has 3 N–H and O–H groups in total. The van der Waals surface area contributed by atoms with E-state index in [0.29, 0.717) is 12.5 Å². The molecule has 0 atom stereocenters. The standard InChI is InChI=1S/C16H18Cl2N4O3S/c1-8(2)3-4-19-16(26)21-20-13(23)7-22-14(24)9-5-11(17)12(18)6-10(9)15(22)25/h5-6,8H,3-4,7H2,1-2H3,(H,20,23)(H2,19,21,26). The minimum absolute atomic E-state index is 0.121. The van der Waals surface area contributed by atoms with Gasteiger partial charge in [0.25, 0.3) is 17.7 Å². The van der Waals surface area contributed by atoms with Gasteiger partial charge in [0.1, 0.15) is 6.54 Å². The SMILES string of the molecule is CC(C)CCNC(=S)NNC(=O)CN1C(=O)c2cc(Cl)c(Cl)cc2C1=O. The highest BCUT2D eigenvalue weighted by Crippen LogP contribution is 2.31. The zero-order valence-corrected chi connectivity index (χ0v) is 16.5. The fraction of sp³-hybridized carbons (Fsp3) is 0.375. The normalized spacial score (nSPS) is 13.0. The molecule has 0 aliphatic carbocycles. The van der Waals surface area contributed by atoms with Crippen LogP contribution in [-0.4, -0.2) is 40.8 Å². The van der Waals surface area contributed by atoms with E-state index in [2.05, 4.69) is 30.0 Å². The van der Waals surface area contributed by atoms with E-state index in [0.717, 1.165) is 11.3 Å².